The summed E-state index contributed by atoms with van der Waals surface area (Å²) < 4.78 is 0. The van der Waals surface area contributed by atoms with Crippen LogP contribution in [0.4, 0.5) is 5.69 Å². The fraction of sp³-hybridized carbons (Fsp3) is 0.222. The van der Waals surface area contributed by atoms with Crippen molar-refractivity contribution >= 4 is 11.6 Å². The minimum atomic E-state index is -0.191. The summed E-state index contributed by atoms with van der Waals surface area (Å²) in [5.74, 6) is 5.08. The Hall–Kier alpha value is -1.59. The Morgan fingerprint density at radius 2 is 2.00 bits per heavy atom. The van der Waals surface area contributed by atoms with E-state index in [9.17, 15) is 4.79 Å². The van der Waals surface area contributed by atoms with Crippen molar-refractivity contribution in [3.05, 3.63) is 29.8 Å². The number of hydrogen-bond donors (Lipinski definition) is 3. The molecule has 0 aromatic heterocycles. The maximum Gasteiger partial charge on any atom is 0.267 e. The highest BCUT2D eigenvalue weighted by atomic mass is 16.2. The van der Waals surface area contributed by atoms with Crippen molar-refractivity contribution < 1.29 is 4.79 Å². The maximum absolute atomic E-state index is 11.6. The average molecular weight is 194 g/mol. The van der Waals surface area contributed by atoms with Gasteiger partial charge in [-0.25, -0.2) is 5.01 Å². The van der Waals surface area contributed by atoms with Gasteiger partial charge in [-0.1, -0.05) is 12.1 Å². The van der Waals surface area contributed by atoms with Crippen molar-refractivity contribution in [2.45, 2.75) is 0 Å². The third-order valence-corrected chi connectivity index (χ3v) is 1.65. The topological polar surface area (TPSA) is 70.4 Å². The molecule has 0 saturated heterocycles. The van der Waals surface area contributed by atoms with Crippen LogP contribution < -0.4 is 16.7 Å². The minimum Gasteiger partial charge on any atom is -0.323 e. The Morgan fingerprint density at radius 3 is 2.57 bits per heavy atom. The first-order chi connectivity index (χ1) is 6.65. The minimum absolute atomic E-state index is 0.191. The molecule has 0 fully saturated rings. The van der Waals surface area contributed by atoms with E-state index < -0.39 is 0 Å². The number of hydrogen-bond acceptors (Lipinski definition) is 4. The highest BCUT2D eigenvalue weighted by Crippen LogP contribution is 2.12. The Morgan fingerprint density at radius 1 is 1.36 bits per heavy atom. The van der Waals surface area contributed by atoms with Crippen LogP contribution in [-0.4, -0.2) is 25.0 Å². The molecular formula is C9H14N4O. The lowest BCUT2D eigenvalue weighted by molar-refractivity contribution is 0.0858. The molecule has 14 heavy (non-hydrogen) atoms. The normalized spacial score (nSPS) is 10.0. The van der Waals surface area contributed by atoms with Crippen LogP contribution in [0.1, 0.15) is 10.4 Å². The van der Waals surface area contributed by atoms with E-state index >= 15 is 0 Å². The van der Waals surface area contributed by atoms with Crippen LogP contribution in [0.25, 0.3) is 0 Å². The maximum atomic E-state index is 11.6. The lowest BCUT2D eigenvalue weighted by Gasteiger charge is -2.13. The molecule has 5 heteroatoms. The Kier molecular flexibility index (Phi) is 3.44. The molecule has 0 radical (unpaired) electrons. The molecule has 0 saturated carbocycles. The van der Waals surface area contributed by atoms with Gasteiger partial charge >= 0.3 is 0 Å². The number of nitrogens with one attached hydrogen (secondary N) is 2. The third kappa shape index (κ3) is 2.45. The number of hydrazine groups is 2. The predicted molar refractivity (Wildman–Crippen MR) is 55.4 cm³/mol. The van der Waals surface area contributed by atoms with Crippen LogP contribution in [0.5, 0.6) is 0 Å². The monoisotopic (exact) mass is 194 g/mol. The molecule has 5 nitrogen and oxygen atoms in total. The van der Waals surface area contributed by atoms with E-state index in [-0.39, 0.29) is 5.91 Å². The largest absolute Gasteiger partial charge is 0.323 e. The number of carbonyl (C=O) groups is 1. The zero-order chi connectivity index (χ0) is 10.6. The predicted octanol–water partition coefficient (Wildman–Crippen LogP) is 0.179. The molecule has 1 amide bonds. The van der Waals surface area contributed by atoms with E-state index in [1.165, 1.54) is 0 Å². The molecule has 0 aliphatic rings. The van der Waals surface area contributed by atoms with Gasteiger partial charge < -0.3 is 5.43 Å². The molecule has 0 aliphatic heterocycles. The van der Waals surface area contributed by atoms with E-state index in [4.69, 9.17) is 5.84 Å². The first kappa shape index (κ1) is 10.5. The summed E-state index contributed by atoms with van der Waals surface area (Å²) in [6.45, 7) is 0. The van der Waals surface area contributed by atoms with Gasteiger partial charge in [-0.15, -0.1) is 0 Å². The smallest absolute Gasteiger partial charge is 0.267 e. The molecule has 1 rings (SSSR count). The first-order valence-corrected chi connectivity index (χ1v) is 4.19. The van der Waals surface area contributed by atoms with Crippen LogP contribution >= 0.6 is 0 Å². The third-order valence-electron chi connectivity index (χ3n) is 1.65. The van der Waals surface area contributed by atoms with Crippen molar-refractivity contribution in [2.24, 2.45) is 5.84 Å². The second-order valence-corrected chi connectivity index (χ2v) is 3.03. The molecule has 0 aliphatic carbocycles. The summed E-state index contributed by atoms with van der Waals surface area (Å²) in [7, 11) is 3.49. The van der Waals surface area contributed by atoms with Crippen molar-refractivity contribution in [1.29, 1.82) is 0 Å². The van der Waals surface area contributed by atoms with Gasteiger partial charge in [0, 0.05) is 14.1 Å². The Balaban J connectivity index is 2.88. The molecule has 0 atom stereocenters. The lowest BCUT2D eigenvalue weighted by atomic mass is 10.2. The van der Waals surface area contributed by atoms with E-state index in [1.807, 2.05) is 6.07 Å². The highest BCUT2D eigenvalue weighted by molar-refractivity contribution is 5.99. The van der Waals surface area contributed by atoms with Crippen molar-refractivity contribution in [3.8, 4) is 0 Å². The van der Waals surface area contributed by atoms with E-state index in [0.717, 1.165) is 0 Å². The highest BCUT2D eigenvalue weighted by Gasteiger charge is 2.09. The molecule has 0 unspecified atom stereocenters. The quantitative estimate of drug-likeness (QED) is 0.474. The molecule has 4 N–H and O–H groups in total. The van der Waals surface area contributed by atoms with Gasteiger partial charge in [0.25, 0.3) is 5.91 Å². The van der Waals surface area contributed by atoms with Gasteiger partial charge in [0.05, 0.1) is 11.3 Å². The molecule has 1 aromatic carbocycles. The summed E-state index contributed by atoms with van der Waals surface area (Å²) in [5, 5.41) is 1.58. The van der Waals surface area contributed by atoms with Crippen molar-refractivity contribution in [3.63, 3.8) is 0 Å². The fourth-order valence-electron chi connectivity index (χ4n) is 1.07. The van der Waals surface area contributed by atoms with Crippen LogP contribution in [0, 0.1) is 0 Å². The number of carbonyl (C=O) groups excluding carboxylic acids is 1. The fourth-order valence-corrected chi connectivity index (χ4v) is 1.07. The summed E-state index contributed by atoms with van der Waals surface area (Å²) in [6, 6.07) is 7.03. The van der Waals surface area contributed by atoms with Gasteiger partial charge in [0.1, 0.15) is 0 Å². The molecule has 0 bridgehead atoms. The van der Waals surface area contributed by atoms with Gasteiger partial charge in [0.2, 0.25) is 0 Å². The van der Waals surface area contributed by atoms with Crippen LogP contribution in [-0.2, 0) is 0 Å². The molecule has 0 heterocycles. The van der Waals surface area contributed by atoms with Gasteiger partial charge in [-0.3, -0.25) is 16.1 Å². The number of nitrogen functional groups attached to an aromatic ring is 1. The van der Waals surface area contributed by atoms with E-state index in [1.54, 1.807) is 37.3 Å². The first-order valence-electron chi connectivity index (χ1n) is 4.19. The molecule has 1 aromatic rings. The zero-order valence-corrected chi connectivity index (χ0v) is 8.24. The number of nitrogens with two attached hydrogens (primary N) is 1. The standard InChI is InChI=1S/C9H14N4O/c1-13(2)12-9(14)7-5-3-4-6-8(7)11-10/h3-6,11H,10H2,1-2H3,(H,12,14). The second kappa shape index (κ2) is 4.59. The van der Waals surface area contributed by atoms with Gasteiger partial charge in [-0.05, 0) is 12.1 Å². The SMILES string of the molecule is CN(C)NC(=O)c1ccccc1NN. The summed E-state index contributed by atoms with van der Waals surface area (Å²) >= 11 is 0. The lowest BCUT2D eigenvalue weighted by Crippen LogP contribution is -2.36. The van der Waals surface area contributed by atoms with Gasteiger partial charge in [-0.2, -0.15) is 0 Å². The van der Waals surface area contributed by atoms with Crippen LogP contribution in [0.15, 0.2) is 24.3 Å². The number of rotatable bonds is 3. The summed E-state index contributed by atoms with van der Waals surface area (Å²) in [4.78, 5) is 11.6. The van der Waals surface area contributed by atoms with Gasteiger partial charge in [0.15, 0.2) is 0 Å². The van der Waals surface area contributed by atoms with E-state index in [0.29, 0.717) is 11.3 Å². The second-order valence-electron chi connectivity index (χ2n) is 3.03. The summed E-state index contributed by atoms with van der Waals surface area (Å²) in [5.41, 5.74) is 6.22. The number of anilines is 1. The molecule has 0 spiro atoms. The van der Waals surface area contributed by atoms with Crippen molar-refractivity contribution in [2.75, 3.05) is 19.5 Å². The number of nitrogens with zero attached hydrogens (tertiary/aromatic N) is 1. The van der Waals surface area contributed by atoms with Crippen LogP contribution in [0.3, 0.4) is 0 Å². The molecule has 76 valence electrons. The average Bonchev–Trinajstić information content (AvgIpc) is 2.16. The zero-order valence-electron chi connectivity index (χ0n) is 8.24. The van der Waals surface area contributed by atoms with Crippen LogP contribution in [0.2, 0.25) is 0 Å². The van der Waals surface area contributed by atoms with Crippen molar-refractivity contribution in [1.82, 2.24) is 10.4 Å². The number of para-hydroxylation sites is 1. The Bertz CT molecular complexity index is 324. The number of amides is 1. The summed E-state index contributed by atoms with van der Waals surface area (Å²) in [6.07, 6.45) is 0. The van der Waals surface area contributed by atoms with E-state index in [2.05, 4.69) is 10.9 Å². The molecular weight excluding hydrogens is 180 g/mol. The Labute approximate surface area is 82.8 Å². The number of benzene rings is 1.